The van der Waals surface area contributed by atoms with Gasteiger partial charge in [0.15, 0.2) is 0 Å². The highest BCUT2D eigenvalue weighted by Crippen LogP contribution is 2.35. The molecule has 0 aliphatic heterocycles. The zero-order valence-corrected chi connectivity index (χ0v) is 12.2. The van der Waals surface area contributed by atoms with E-state index in [4.69, 9.17) is 9.47 Å². The number of nitrogens with zero attached hydrogens (tertiary/aromatic N) is 2. The number of benzene rings is 1. The molecule has 21 heavy (non-hydrogen) atoms. The first-order chi connectivity index (χ1) is 10.3. The standard InChI is InChI=1S/C16H19N3O2/c1-20-12-5-3-11-4-6-14(21-2)16(13(11)9-12)19-15-7-8-17-10-18-15/h3,5,7-10,14,16H,4,6H2,1-2H3,(H,17,18,19)/t14-,16+/m1/s1. The van der Waals surface area contributed by atoms with Gasteiger partial charge in [0.05, 0.1) is 19.3 Å². The van der Waals surface area contributed by atoms with Gasteiger partial charge in [0.1, 0.15) is 17.9 Å². The highest BCUT2D eigenvalue weighted by Gasteiger charge is 2.30. The molecule has 0 spiro atoms. The number of rotatable bonds is 4. The van der Waals surface area contributed by atoms with Gasteiger partial charge in [-0.3, -0.25) is 0 Å². The van der Waals surface area contributed by atoms with E-state index in [0.717, 1.165) is 24.4 Å². The van der Waals surface area contributed by atoms with Crippen LogP contribution in [0.1, 0.15) is 23.6 Å². The second kappa shape index (κ2) is 6.10. The van der Waals surface area contributed by atoms with Crippen LogP contribution in [0.5, 0.6) is 5.75 Å². The molecule has 110 valence electrons. The molecular weight excluding hydrogens is 266 g/mol. The third-order valence-corrected chi connectivity index (χ3v) is 3.95. The maximum absolute atomic E-state index is 5.66. The Balaban J connectivity index is 1.96. The molecule has 0 radical (unpaired) electrons. The monoisotopic (exact) mass is 285 g/mol. The summed E-state index contributed by atoms with van der Waals surface area (Å²) in [5.41, 5.74) is 2.54. The van der Waals surface area contributed by atoms with Gasteiger partial charge in [-0.2, -0.15) is 0 Å². The van der Waals surface area contributed by atoms with Gasteiger partial charge in [0, 0.05) is 13.3 Å². The third kappa shape index (κ3) is 2.83. The lowest BCUT2D eigenvalue weighted by atomic mass is 9.85. The molecule has 0 saturated carbocycles. The van der Waals surface area contributed by atoms with Crippen LogP contribution in [0.4, 0.5) is 5.82 Å². The molecule has 0 saturated heterocycles. The molecule has 0 unspecified atom stereocenters. The van der Waals surface area contributed by atoms with Crippen LogP contribution in [0.15, 0.2) is 36.8 Å². The number of nitrogens with one attached hydrogen (secondary N) is 1. The average Bonchev–Trinajstić information content (AvgIpc) is 2.55. The van der Waals surface area contributed by atoms with Gasteiger partial charge in [0.2, 0.25) is 0 Å². The lowest BCUT2D eigenvalue weighted by Gasteiger charge is -2.33. The first kappa shape index (κ1) is 13.8. The van der Waals surface area contributed by atoms with E-state index >= 15 is 0 Å². The largest absolute Gasteiger partial charge is 0.497 e. The fourth-order valence-corrected chi connectivity index (χ4v) is 2.84. The molecule has 1 N–H and O–H groups in total. The SMILES string of the molecule is COc1ccc2c(c1)[C@H](Nc1ccncn1)[C@H](OC)CC2. The van der Waals surface area contributed by atoms with E-state index in [-0.39, 0.29) is 12.1 Å². The number of hydrogen-bond donors (Lipinski definition) is 1. The van der Waals surface area contributed by atoms with E-state index in [9.17, 15) is 0 Å². The number of aromatic nitrogens is 2. The van der Waals surface area contributed by atoms with Gasteiger partial charge < -0.3 is 14.8 Å². The predicted octanol–water partition coefficient (Wildman–Crippen LogP) is 2.60. The molecule has 2 atom stereocenters. The third-order valence-electron chi connectivity index (χ3n) is 3.95. The van der Waals surface area contributed by atoms with Crippen molar-refractivity contribution in [2.24, 2.45) is 0 Å². The van der Waals surface area contributed by atoms with Gasteiger partial charge in [0.25, 0.3) is 0 Å². The molecular formula is C16H19N3O2. The summed E-state index contributed by atoms with van der Waals surface area (Å²) < 4.78 is 11.0. The molecule has 0 fully saturated rings. The molecule has 2 aromatic rings. The average molecular weight is 285 g/mol. The molecule has 1 aromatic heterocycles. The highest BCUT2D eigenvalue weighted by atomic mass is 16.5. The predicted molar refractivity (Wildman–Crippen MR) is 80.5 cm³/mol. The quantitative estimate of drug-likeness (QED) is 0.935. The molecule has 1 heterocycles. The van der Waals surface area contributed by atoms with Crippen molar-refractivity contribution in [2.75, 3.05) is 19.5 Å². The molecule has 5 heteroatoms. The van der Waals surface area contributed by atoms with Gasteiger partial charge in [-0.15, -0.1) is 0 Å². The Morgan fingerprint density at radius 1 is 1.24 bits per heavy atom. The summed E-state index contributed by atoms with van der Waals surface area (Å²) in [6.07, 6.45) is 5.38. The summed E-state index contributed by atoms with van der Waals surface area (Å²) in [4.78, 5) is 8.20. The van der Waals surface area contributed by atoms with Crippen LogP contribution in [-0.2, 0) is 11.2 Å². The summed E-state index contributed by atoms with van der Waals surface area (Å²) in [5, 5.41) is 3.46. The summed E-state index contributed by atoms with van der Waals surface area (Å²) in [5.74, 6) is 1.66. The van der Waals surface area contributed by atoms with Crippen LogP contribution in [0, 0.1) is 0 Å². The zero-order chi connectivity index (χ0) is 14.7. The molecule has 1 aliphatic rings. The molecule has 5 nitrogen and oxygen atoms in total. The lowest BCUT2D eigenvalue weighted by Crippen LogP contribution is -2.32. The van der Waals surface area contributed by atoms with E-state index in [1.165, 1.54) is 11.1 Å². The molecule has 0 amide bonds. The zero-order valence-electron chi connectivity index (χ0n) is 12.2. The molecule has 1 aliphatic carbocycles. The first-order valence-electron chi connectivity index (χ1n) is 7.04. The summed E-state index contributed by atoms with van der Waals surface area (Å²) in [6.45, 7) is 0. The van der Waals surface area contributed by atoms with E-state index in [1.54, 1.807) is 26.7 Å². The Morgan fingerprint density at radius 3 is 2.86 bits per heavy atom. The van der Waals surface area contributed by atoms with E-state index in [2.05, 4.69) is 27.4 Å². The van der Waals surface area contributed by atoms with E-state index < -0.39 is 0 Å². The van der Waals surface area contributed by atoms with Gasteiger partial charge >= 0.3 is 0 Å². The summed E-state index contributed by atoms with van der Waals surface area (Å²) in [6, 6.07) is 8.15. The topological polar surface area (TPSA) is 56.3 Å². The molecule has 3 rings (SSSR count). The molecule has 0 bridgehead atoms. The smallest absolute Gasteiger partial charge is 0.129 e. The number of ether oxygens (including phenoxy) is 2. The number of fused-ring (bicyclic) bond motifs is 1. The summed E-state index contributed by atoms with van der Waals surface area (Å²) >= 11 is 0. The normalized spacial score (nSPS) is 20.7. The number of aryl methyl sites for hydroxylation is 1. The van der Waals surface area contributed by atoms with Gasteiger partial charge in [-0.05, 0) is 42.2 Å². The van der Waals surface area contributed by atoms with Crippen LogP contribution in [-0.4, -0.2) is 30.3 Å². The highest BCUT2D eigenvalue weighted by molar-refractivity contribution is 5.45. The second-order valence-electron chi connectivity index (χ2n) is 5.09. The first-order valence-corrected chi connectivity index (χ1v) is 7.04. The minimum absolute atomic E-state index is 0.0590. The van der Waals surface area contributed by atoms with Crippen molar-refractivity contribution < 1.29 is 9.47 Å². The van der Waals surface area contributed by atoms with E-state index in [0.29, 0.717) is 0 Å². The van der Waals surface area contributed by atoms with Crippen molar-refractivity contribution in [3.05, 3.63) is 47.9 Å². The van der Waals surface area contributed by atoms with Crippen LogP contribution in [0.25, 0.3) is 0 Å². The van der Waals surface area contributed by atoms with Crippen molar-refractivity contribution in [3.63, 3.8) is 0 Å². The Morgan fingerprint density at radius 2 is 2.14 bits per heavy atom. The van der Waals surface area contributed by atoms with Crippen molar-refractivity contribution >= 4 is 5.82 Å². The van der Waals surface area contributed by atoms with Crippen molar-refractivity contribution in [3.8, 4) is 5.75 Å². The number of anilines is 1. The van der Waals surface area contributed by atoms with Crippen LogP contribution in [0.3, 0.4) is 0 Å². The Hall–Kier alpha value is -2.14. The van der Waals surface area contributed by atoms with Crippen LogP contribution in [0.2, 0.25) is 0 Å². The van der Waals surface area contributed by atoms with Crippen molar-refractivity contribution in [1.82, 2.24) is 9.97 Å². The Kier molecular flexibility index (Phi) is 4.01. The van der Waals surface area contributed by atoms with Gasteiger partial charge in [-0.1, -0.05) is 6.07 Å². The number of hydrogen-bond acceptors (Lipinski definition) is 5. The van der Waals surface area contributed by atoms with E-state index in [1.807, 2.05) is 12.1 Å². The maximum atomic E-state index is 5.66. The Bertz CT molecular complexity index is 604. The minimum atomic E-state index is 0.0590. The fraction of sp³-hybridized carbons (Fsp3) is 0.375. The number of methoxy groups -OCH3 is 2. The Labute approximate surface area is 124 Å². The fourth-order valence-electron chi connectivity index (χ4n) is 2.84. The lowest BCUT2D eigenvalue weighted by molar-refractivity contribution is 0.0734. The van der Waals surface area contributed by atoms with Crippen LogP contribution < -0.4 is 10.1 Å². The molecule has 1 aromatic carbocycles. The van der Waals surface area contributed by atoms with Crippen LogP contribution >= 0.6 is 0 Å². The minimum Gasteiger partial charge on any atom is -0.497 e. The second-order valence-corrected chi connectivity index (χ2v) is 5.09. The maximum Gasteiger partial charge on any atom is 0.129 e. The summed E-state index contributed by atoms with van der Waals surface area (Å²) in [7, 11) is 3.44. The van der Waals surface area contributed by atoms with Gasteiger partial charge in [-0.25, -0.2) is 9.97 Å². The van der Waals surface area contributed by atoms with Crippen molar-refractivity contribution in [2.45, 2.75) is 25.0 Å². The van der Waals surface area contributed by atoms with Crippen molar-refractivity contribution in [1.29, 1.82) is 0 Å².